The minimum absolute atomic E-state index is 0.00792. The normalized spacial score (nSPS) is 18.0. The summed E-state index contributed by atoms with van der Waals surface area (Å²) in [5.41, 5.74) is 8.63. The van der Waals surface area contributed by atoms with Crippen molar-refractivity contribution in [3.05, 3.63) is 65.7 Å². The van der Waals surface area contributed by atoms with Crippen LogP contribution in [0.25, 0.3) is 0 Å². The van der Waals surface area contributed by atoms with E-state index in [1.54, 1.807) is 0 Å². The number of nitrogens with two attached hydrogens (primary N) is 1. The molecule has 0 aromatic heterocycles. The van der Waals surface area contributed by atoms with Crippen molar-refractivity contribution in [1.82, 2.24) is 10.2 Å². The zero-order valence-electron chi connectivity index (χ0n) is 14.4. The molecule has 1 unspecified atom stereocenters. The van der Waals surface area contributed by atoms with Crippen molar-refractivity contribution in [2.24, 2.45) is 0 Å². The predicted octanol–water partition coefficient (Wildman–Crippen LogP) is 1.83. The zero-order valence-corrected chi connectivity index (χ0v) is 14.4. The molecule has 3 rings (SSSR count). The standard InChI is InChI=1S/C20H25N3O2/c21-18-8-6-16(7-9-18)12-20(24)22-13-19-15-23(10-11-25-19)14-17-4-2-1-3-5-17/h1-9,19H,10-15,21H2,(H,22,24). The maximum absolute atomic E-state index is 12.1. The Morgan fingerprint density at radius 2 is 1.88 bits per heavy atom. The molecule has 132 valence electrons. The van der Waals surface area contributed by atoms with Crippen LogP contribution >= 0.6 is 0 Å². The Bertz CT molecular complexity index is 673. The number of hydrogen-bond acceptors (Lipinski definition) is 4. The fourth-order valence-electron chi connectivity index (χ4n) is 3.00. The molecule has 1 aliphatic rings. The van der Waals surface area contributed by atoms with Gasteiger partial charge in [-0.05, 0) is 23.3 Å². The van der Waals surface area contributed by atoms with E-state index in [0.717, 1.165) is 25.2 Å². The van der Waals surface area contributed by atoms with Crippen LogP contribution in [-0.4, -0.2) is 43.2 Å². The molecule has 2 aromatic carbocycles. The Labute approximate surface area is 148 Å². The summed E-state index contributed by atoms with van der Waals surface area (Å²) in [6.07, 6.45) is 0.397. The summed E-state index contributed by atoms with van der Waals surface area (Å²) in [4.78, 5) is 14.5. The van der Waals surface area contributed by atoms with Gasteiger partial charge < -0.3 is 15.8 Å². The van der Waals surface area contributed by atoms with Crippen molar-refractivity contribution >= 4 is 11.6 Å². The SMILES string of the molecule is Nc1ccc(CC(=O)NCC2CN(Cc3ccccc3)CCO2)cc1. The highest BCUT2D eigenvalue weighted by atomic mass is 16.5. The molecular weight excluding hydrogens is 314 g/mol. The summed E-state index contributed by atoms with van der Waals surface area (Å²) in [5, 5.41) is 2.98. The van der Waals surface area contributed by atoms with E-state index in [1.807, 2.05) is 30.3 Å². The van der Waals surface area contributed by atoms with Gasteiger partial charge in [0, 0.05) is 31.9 Å². The molecule has 1 amide bonds. The highest BCUT2D eigenvalue weighted by molar-refractivity contribution is 5.78. The summed E-state index contributed by atoms with van der Waals surface area (Å²) < 4.78 is 5.79. The largest absolute Gasteiger partial charge is 0.399 e. The number of nitrogens with zero attached hydrogens (tertiary/aromatic N) is 1. The van der Waals surface area contributed by atoms with Crippen LogP contribution in [0.5, 0.6) is 0 Å². The lowest BCUT2D eigenvalue weighted by atomic mass is 10.1. The molecule has 2 aromatic rings. The van der Waals surface area contributed by atoms with Crippen molar-refractivity contribution in [2.45, 2.75) is 19.1 Å². The van der Waals surface area contributed by atoms with Gasteiger partial charge in [0.25, 0.3) is 0 Å². The predicted molar refractivity (Wildman–Crippen MR) is 99.0 cm³/mol. The molecule has 0 radical (unpaired) electrons. The fraction of sp³-hybridized carbons (Fsp3) is 0.350. The molecule has 1 atom stereocenters. The van der Waals surface area contributed by atoms with Crippen LogP contribution in [0.3, 0.4) is 0 Å². The number of anilines is 1. The number of morpholine rings is 1. The number of carbonyl (C=O) groups excluding carboxylic acids is 1. The van der Waals surface area contributed by atoms with E-state index in [2.05, 4.69) is 34.5 Å². The van der Waals surface area contributed by atoms with E-state index in [-0.39, 0.29) is 12.0 Å². The fourth-order valence-corrected chi connectivity index (χ4v) is 3.00. The van der Waals surface area contributed by atoms with E-state index >= 15 is 0 Å². The molecule has 0 spiro atoms. The average molecular weight is 339 g/mol. The Morgan fingerprint density at radius 3 is 2.64 bits per heavy atom. The molecule has 0 saturated carbocycles. The van der Waals surface area contributed by atoms with E-state index in [1.165, 1.54) is 5.56 Å². The topological polar surface area (TPSA) is 67.6 Å². The maximum atomic E-state index is 12.1. The van der Waals surface area contributed by atoms with Crippen LogP contribution in [0.1, 0.15) is 11.1 Å². The van der Waals surface area contributed by atoms with Gasteiger partial charge in [-0.3, -0.25) is 9.69 Å². The average Bonchev–Trinajstić information content (AvgIpc) is 2.63. The van der Waals surface area contributed by atoms with Crippen LogP contribution in [0.2, 0.25) is 0 Å². The van der Waals surface area contributed by atoms with Crippen LogP contribution in [0.4, 0.5) is 5.69 Å². The molecule has 0 aliphatic carbocycles. The van der Waals surface area contributed by atoms with Crippen molar-refractivity contribution in [1.29, 1.82) is 0 Å². The van der Waals surface area contributed by atoms with Gasteiger partial charge >= 0.3 is 0 Å². The summed E-state index contributed by atoms with van der Waals surface area (Å²) in [5.74, 6) is 0.00792. The Balaban J connectivity index is 1.43. The smallest absolute Gasteiger partial charge is 0.224 e. The Kier molecular flexibility index (Phi) is 6.04. The van der Waals surface area contributed by atoms with Gasteiger partial charge in [0.1, 0.15) is 0 Å². The van der Waals surface area contributed by atoms with Gasteiger partial charge in [-0.25, -0.2) is 0 Å². The van der Waals surface area contributed by atoms with Crippen LogP contribution in [-0.2, 0) is 22.5 Å². The summed E-state index contributed by atoms with van der Waals surface area (Å²) in [6.45, 7) is 3.91. The first-order valence-electron chi connectivity index (χ1n) is 8.68. The lowest BCUT2D eigenvalue weighted by Gasteiger charge is -2.33. The van der Waals surface area contributed by atoms with Gasteiger partial charge in [0.15, 0.2) is 0 Å². The van der Waals surface area contributed by atoms with Crippen LogP contribution in [0.15, 0.2) is 54.6 Å². The highest BCUT2D eigenvalue weighted by Crippen LogP contribution is 2.10. The van der Waals surface area contributed by atoms with Gasteiger partial charge in [-0.1, -0.05) is 42.5 Å². The number of benzene rings is 2. The van der Waals surface area contributed by atoms with E-state index in [4.69, 9.17) is 10.5 Å². The molecule has 25 heavy (non-hydrogen) atoms. The third-order valence-electron chi connectivity index (χ3n) is 4.34. The second-order valence-corrected chi connectivity index (χ2v) is 6.44. The number of hydrogen-bond donors (Lipinski definition) is 2. The van der Waals surface area contributed by atoms with Crippen molar-refractivity contribution < 1.29 is 9.53 Å². The minimum Gasteiger partial charge on any atom is -0.399 e. The number of carbonyl (C=O) groups is 1. The van der Waals surface area contributed by atoms with E-state index in [9.17, 15) is 4.79 Å². The number of nitrogens with one attached hydrogen (secondary N) is 1. The highest BCUT2D eigenvalue weighted by Gasteiger charge is 2.21. The molecule has 1 aliphatic heterocycles. The molecule has 5 heteroatoms. The zero-order chi connectivity index (χ0) is 17.5. The second-order valence-electron chi connectivity index (χ2n) is 6.44. The molecule has 1 saturated heterocycles. The van der Waals surface area contributed by atoms with E-state index in [0.29, 0.717) is 25.3 Å². The lowest BCUT2D eigenvalue weighted by molar-refractivity contribution is -0.121. The van der Waals surface area contributed by atoms with Crippen molar-refractivity contribution in [3.8, 4) is 0 Å². The van der Waals surface area contributed by atoms with Gasteiger partial charge in [-0.2, -0.15) is 0 Å². The van der Waals surface area contributed by atoms with Crippen molar-refractivity contribution in [2.75, 3.05) is 32.0 Å². The summed E-state index contributed by atoms with van der Waals surface area (Å²) in [7, 11) is 0. The van der Waals surface area contributed by atoms with Crippen LogP contribution < -0.4 is 11.1 Å². The first kappa shape index (κ1) is 17.5. The number of ether oxygens (including phenoxy) is 1. The van der Waals surface area contributed by atoms with Gasteiger partial charge in [0.2, 0.25) is 5.91 Å². The van der Waals surface area contributed by atoms with Gasteiger partial charge in [0.05, 0.1) is 19.1 Å². The Morgan fingerprint density at radius 1 is 1.12 bits per heavy atom. The van der Waals surface area contributed by atoms with Gasteiger partial charge in [-0.15, -0.1) is 0 Å². The summed E-state index contributed by atoms with van der Waals surface area (Å²) in [6, 6.07) is 17.8. The lowest BCUT2D eigenvalue weighted by Crippen LogP contribution is -2.47. The first-order chi connectivity index (χ1) is 12.2. The molecule has 1 fully saturated rings. The minimum atomic E-state index is 0.00792. The maximum Gasteiger partial charge on any atom is 0.224 e. The first-order valence-corrected chi connectivity index (χ1v) is 8.68. The molecule has 5 nitrogen and oxygen atoms in total. The van der Waals surface area contributed by atoms with Crippen molar-refractivity contribution in [3.63, 3.8) is 0 Å². The molecule has 3 N–H and O–H groups in total. The summed E-state index contributed by atoms with van der Waals surface area (Å²) >= 11 is 0. The molecular formula is C20H25N3O2. The Hall–Kier alpha value is -2.37. The molecule has 1 heterocycles. The van der Waals surface area contributed by atoms with Crippen LogP contribution in [0, 0.1) is 0 Å². The number of nitrogen functional groups attached to an aromatic ring is 1. The second kappa shape index (κ2) is 8.65. The number of amides is 1. The third kappa shape index (κ3) is 5.59. The molecule has 0 bridgehead atoms. The quantitative estimate of drug-likeness (QED) is 0.788. The number of rotatable bonds is 6. The monoisotopic (exact) mass is 339 g/mol. The van der Waals surface area contributed by atoms with E-state index < -0.39 is 0 Å². The third-order valence-corrected chi connectivity index (χ3v) is 4.34.